The van der Waals surface area contributed by atoms with Gasteiger partial charge in [-0.1, -0.05) is 12.1 Å². The van der Waals surface area contributed by atoms with E-state index in [2.05, 4.69) is 44.6 Å². The van der Waals surface area contributed by atoms with Gasteiger partial charge in [0.2, 0.25) is 0 Å². The Hall–Kier alpha value is -2.28. The van der Waals surface area contributed by atoms with Gasteiger partial charge in [-0.15, -0.1) is 11.3 Å². The SMILES string of the molecule is CN=C(NCc1ncc(C)s1)NC1CCCN(c2ccccc2OC)C1. The van der Waals surface area contributed by atoms with Crippen molar-refractivity contribution in [1.29, 1.82) is 0 Å². The monoisotopic (exact) mass is 373 g/mol. The molecule has 7 heteroatoms. The molecule has 1 unspecified atom stereocenters. The van der Waals surface area contributed by atoms with Crippen LogP contribution in [0.4, 0.5) is 5.69 Å². The van der Waals surface area contributed by atoms with Crippen molar-refractivity contribution >= 4 is 23.0 Å². The molecule has 0 radical (unpaired) electrons. The Balaban J connectivity index is 1.58. The van der Waals surface area contributed by atoms with Crippen LogP contribution in [0.15, 0.2) is 35.5 Å². The van der Waals surface area contributed by atoms with Crippen molar-refractivity contribution in [2.75, 3.05) is 32.1 Å². The second-order valence-corrected chi connectivity index (χ2v) is 7.71. The molecule has 1 aliphatic rings. The van der Waals surface area contributed by atoms with Crippen LogP contribution in [0.5, 0.6) is 5.75 Å². The number of ether oxygens (including phenoxy) is 1. The van der Waals surface area contributed by atoms with Crippen LogP contribution in [0, 0.1) is 6.92 Å². The summed E-state index contributed by atoms with van der Waals surface area (Å²) < 4.78 is 5.52. The van der Waals surface area contributed by atoms with Crippen LogP contribution in [-0.2, 0) is 6.54 Å². The predicted molar refractivity (Wildman–Crippen MR) is 108 cm³/mol. The molecule has 26 heavy (non-hydrogen) atoms. The first-order valence-corrected chi connectivity index (χ1v) is 9.77. The van der Waals surface area contributed by atoms with Gasteiger partial charge in [0, 0.05) is 37.3 Å². The lowest BCUT2D eigenvalue weighted by atomic mass is 10.0. The third-order valence-electron chi connectivity index (χ3n) is 4.49. The zero-order chi connectivity index (χ0) is 18.4. The smallest absolute Gasteiger partial charge is 0.191 e. The zero-order valence-corrected chi connectivity index (χ0v) is 16.5. The third-order valence-corrected chi connectivity index (χ3v) is 5.40. The minimum absolute atomic E-state index is 0.345. The number of piperidine rings is 1. The molecule has 0 aliphatic carbocycles. The van der Waals surface area contributed by atoms with E-state index in [1.54, 1.807) is 18.4 Å². The summed E-state index contributed by atoms with van der Waals surface area (Å²) in [6.07, 6.45) is 4.17. The first-order valence-electron chi connectivity index (χ1n) is 8.96. The number of guanidine groups is 1. The average Bonchev–Trinajstić information content (AvgIpc) is 3.10. The summed E-state index contributed by atoms with van der Waals surface area (Å²) in [5.41, 5.74) is 1.16. The Morgan fingerprint density at radius 1 is 1.42 bits per heavy atom. The normalized spacial score (nSPS) is 17.9. The highest BCUT2D eigenvalue weighted by atomic mass is 32.1. The molecule has 6 nitrogen and oxygen atoms in total. The van der Waals surface area contributed by atoms with E-state index in [0.29, 0.717) is 12.6 Å². The van der Waals surface area contributed by atoms with Crippen molar-refractivity contribution in [2.45, 2.75) is 32.4 Å². The number of nitrogens with zero attached hydrogens (tertiary/aromatic N) is 3. The summed E-state index contributed by atoms with van der Waals surface area (Å²) in [6.45, 7) is 4.74. The zero-order valence-electron chi connectivity index (χ0n) is 15.7. The molecule has 0 amide bonds. The molecule has 1 saturated heterocycles. The fourth-order valence-electron chi connectivity index (χ4n) is 3.24. The molecule has 2 heterocycles. The lowest BCUT2D eigenvalue weighted by Crippen LogP contribution is -2.51. The second-order valence-electron chi connectivity index (χ2n) is 6.39. The van der Waals surface area contributed by atoms with E-state index < -0.39 is 0 Å². The Morgan fingerprint density at radius 3 is 3.00 bits per heavy atom. The summed E-state index contributed by atoms with van der Waals surface area (Å²) in [6, 6.07) is 8.56. The molecule has 1 aliphatic heterocycles. The van der Waals surface area contributed by atoms with Gasteiger partial charge in [-0.3, -0.25) is 4.99 Å². The minimum Gasteiger partial charge on any atom is -0.495 e. The standard InChI is InChI=1S/C19H27N5OS/c1-14-11-21-18(26-14)12-22-19(20-2)23-15-7-6-10-24(13-15)16-8-4-5-9-17(16)25-3/h4-5,8-9,11,15H,6-7,10,12-13H2,1-3H3,(H2,20,22,23). The van der Waals surface area contributed by atoms with Crippen molar-refractivity contribution in [1.82, 2.24) is 15.6 Å². The summed E-state index contributed by atoms with van der Waals surface area (Å²) in [5.74, 6) is 1.75. The molecular formula is C19H27N5OS. The predicted octanol–water partition coefficient (Wildman–Crippen LogP) is 2.79. The first-order chi connectivity index (χ1) is 12.7. The minimum atomic E-state index is 0.345. The van der Waals surface area contributed by atoms with E-state index in [1.807, 2.05) is 25.4 Å². The highest BCUT2D eigenvalue weighted by molar-refractivity contribution is 7.11. The number of para-hydroxylation sites is 2. The van der Waals surface area contributed by atoms with Crippen LogP contribution in [0.25, 0.3) is 0 Å². The number of benzene rings is 1. The van der Waals surface area contributed by atoms with Crippen molar-refractivity contribution in [2.24, 2.45) is 4.99 Å². The average molecular weight is 374 g/mol. The van der Waals surface area contributed by atoms with Gasteiger partial charge in [-0.25, -0.2) is 4.98 Å². The van der Waals surface area contributed by atoms with E-state index in [1.165, 1.54) is 4.88 Å². The van der Waals surface area contributed by atoms with E-state index in [-0.39, 0.29) is 0 Å². The number of anilines is 1. The lowest BCUT2D eigenvalue weighted by molar-refractivity contribution is 0.408. The van der Waals surface area contributed by atoms with Crippen LogP contribution in [0.2, 0.25) is 0 Å². The van der Waals surface area contributed by atoms with Crippen molar-refractivity contribution < 1.29 is 4.74 Å². The van der Waals surface area contributed by atoms with Gasteiger partial charge in [0.1, 0.15) is 10.8 Å². The number of methoxy groups -OCH3 is 1. The lowest BCUT2D eigenvalue weighted by Gasteiger charge is -2.36. The number of thiazole rings is 1. The van der Waals surface area contributed by atoms with Gasteiger partial charge in [0.05, 0.1) is 19.3 Å². The van der Waals surface area contributed by atoms with E-state index >= 15 is 0 Å². The molecule has 0 saturated carbocycles. The molecule has 1 fully saturated rings. The van der Waals surface area contributed by atoms with E-state index in [9.17, 15) is 0 Å². The first kappa shape index (κ1) is 18.5. The van der Waals surface area contributed by atoms with Crippen LogP contribution >= 0.6 is 11.3 Å². The van der Waals surface area contributed by atoms with Crippen LogP contribution in [0.1, 0.15) is 22.7 Å². The van der Waals surface area contributed by atoms with E-state index in [4.69, 9.17) is 4.74 Å². The number of rotatable bonds is 5. The summed E-state index contributed by atoms with van der Waals surface area (Å²) in [4.78, 5) is 12.4. The molecule has 3 rings (SSSR count). The third kappa shape index (κ3) is 4.66. The van der Waals surface area contributed by atoms with Crippen LogP contribution in [-0.4, -0.2) is 44.2 Å². The van der Waals surface area contributed by atoms with Crippen molar-refractivity contribution in [3.05, 3.63) is 40.3 Å². The second kappa shape index (κ2) is 8.89. The number of hydrogen-bond acceptors (Lipinski definition) is 5. The van der Waals surface area contributed by atoms with Crippen molar-refractivity contribution in [3.8, 4) is 5.75 Å². The molecule has 0 spiro atoms. The molecule has 2 N–H and O–H groups in total. The van der Waals surface area contributed by atoms with Gasteiger partial charge >= 0.3 is 0 Å². The summed E-state index contributed by atoms with van der Waals surface area (Å²) in [7, 11) is 3.54. The van der Waals surface area contributed by atoms with Gasteiger partial charge in [-0.05, 0) is 31.9 Å². The summed E-state index contributed by atoms with van der Waals surface area (Å²) in [5, 5.41) is 7.99. The number of hydrogen-bond donors (Lipinski definition) is 2. The maximum absolute atomic E-state index is 5.52. The number of aliphatic imine (C=N–C) groups is 1. The summed E-state index contributed by atoms with van der Waals surface area (Å²) >= 11 is 1.71. The number of nitrogens with one attached hydrogen (secondary N) is 2. The number of aryl methyl sites for hydroxylation is 1. The van der Waals surface area contributed by atoms with Crippen molar-refractivity contribution in [3.63, 3.8) is 0 Å². The van der Waals surface area contributed by atoms with Gasteiger partial charge in [-0.2, -0.15) is 0 Å². The van der Waals surface area contributed by atoms with E-state index in [0.717, 1.165) is 48.3 Å². The maximum atomic E-state index is 5.52. The van der Waals surface area contributed by atoms with Crippen LogP contribution in [0.3, 0.4) is 0 Å². The Kier molecular flexibility index (Phi) is 6.33. The Morgan fingerprint density at radius 2 is 2.27 bits per heavy atom. The quantitative estimate of drug-likeness (QED) is 0.623. The number of aromatic nitrogens is 1. The molecule has 1 aromatic carbocycles. The maximum Gasteiger partial charge on any atom is 0.191 e. The highest BCUT2D eigenvalue weighted by Crippen LogP contribution is 2.29. The topological polar surface area (TPSA) is 61.8 Å². The molecule has 1 atom stereocenters. The molecule has 140 valence electrons. The van der Waals surface area contributed by atoms with Gasteiger partial charge < -0.3 is 20.3 Å². The molecular weight excluding hydrogens is 346 g/mol. The largest absolute Gasteiger partial charge is 0.495 e. The Labute approximate surface area is 159 Å². The molecule has 2 aromatic rings. The Bertz CT molecular complexity index is 745. The molecule has 0 bridgehead atoms. The van der Waals surface area contributed by atoms with Crippen LogP contribution < -0.4 is 20.3 Å². The molecule has 1 aromatic heterocycles. The van der Waals surface area contributed by atoms with Gasteiger partial charge in [0.25, 0.3) is 0 Å². The highest BCUT2D eigenvalue weighted by Gasteiger charge is 2.22. The fraction of sp³-hybridized carbons (Fsp3) is 0.474. The van der Waals surface area contributed by atoms with Gasteiger partial charge in [0.15, 0.2) is 5.96 Å². The fourth-order valence-corrected chi connectivity index (χ4v) is 3.96.